The van der Waals surface area contributed by atoms with E-state index in [2.05, 4.69) is 4.74 Å². The van der Waals surface area contributed by atoms with Crippen LogP contribution in [0.2, 0.25) is 0 Å². The molecule has 0 bridgehead atoms. The molecule has 0 aromatic rings. The molecule has 0 N–H and O–H groups in total. The normalized spacial score (nSPS) is 25.1. The second kappa shape index (κ2) is 3.82. The number of methoxy groups -OCH3 is 1. The lowest BCUT2D eigenvalue weighted by atomic mass is 9.90. The van der Waals surface area contributed by atoms with Gasteiger partial charge in [-0.15, -0.1) is 0 Å². The second-order valence-corrected chi connectivity index (χ2v) is 3.77. The van der Waals surface area contributed by atoms with E-state index in [4.69, 9.17) is 4.74 Å². The number of hydrogen-bond donors (Lipinski definition) is 0. The highest BCUT2D eigenvalue weighted by Gasteiger charge is 2.39. The first kappa shape index (κ1) is 10.8. The minimum atomic E-state index is -0.526. The zero-order valence-electron chi connectivity index (χ0n) is 8.57. The number of rotatable bonds is 2. The van der Waals surface area contributed by atoms with Crippen molar-refractivity contribution in [1.82, 2.24) is 0 Å². The van der Waals surface area contributed by atoms with Gasteiger partial charge in [-0.05, 0) is 13.8 Å². The molecule has 0 aromatic carbocycles. The Hall–Kier alpha value is -1.32. The van der Waals surface area contributed by atoms with Crippen LogP contribution in [0, 0.1) is 5.92 Å². The number of carbonyl (C=O) groups excluding carboxylic acids is 2. The third kappa shape index (κ3) is 2.34. The Bertz CT molecular complexity index is 278. The van der Waals surface area contributed by atoms with E-state index in [1.165, 1.54) is 13.2 Å². The molecule has 0 radical (unpaired) electrons. The molecule has 4 nitrogen and oxygen atoms in total. The highest BCUT2D eigenvalue weighted by Crippen LogP contribution is 2.33. The molecular weight excluding hydrogens is 184 g/mol. The van der Waals surface area contributed by atoms with Crippen molar-refractivity contribution < 1.29 is 19.1 Å². The largest absolute Gasteiger partial charge is 0.466 e. The lowest BCUT2D eigenvalue weighted by Gasteiger charge is -2.21. The average Bonchev–Trinajstić information content (AvgIpc) is 2.35. The molecule has 1 heterocycles. The van der Waals surface area contributed by atoms with Crippen LogP contribution in [0.4, 0.5) is 0 Å². The van der Waals surface area contributed by atoms with Gasteiger partial charge in [0.2, 0.25) is 0 Å². The maximum Gasteiger partial charge on any atom is 0.330 e. The molecule has 0 saturated carbocycles. The molecule has 14 heavy (non-hydrogen) atoms. The minimum Gasteiger partial charge on any atom is -0.466 e. The van der Waals surface area contributed by atoms with Crippen LogP contribution in [0.15, 0.2) is 12.2 Å². The number of cyclic esters (lactones) is 1. The third-order valence-electron chi connectivity index (χ3n) is 2.32. The van der Waals surface area contributed by atoms with E-state index in [9.17, 15) is 9.59 Å². The van der Waals surface area contributed by atoms with Gasteiger partial charge in [-0.3, -0.25) is 4.79 Å². The summed E-state index contributed by atoms with van der Waals surface area (Å²) in [5.41, 5.74) is -0.526. The Labute approximate surface area is 82.9 Å². The summed E-state index contributed by atoms with van der Waals surface area (Å²) in [4.78, 5) is 21.8. The van der Waals surface area contributed by atoms with E-state index in [1.807, 2.05) is 13.8 Å². The molecule has 1 fully saturated rings. The summed E-state index contributed by atoms with van der Waals surface area (Å²) in [5.74, 6) is -0.705. The van der Waals surface area contributed by atoms with Crippen LogP contribution in [0.25, 0.3) is 0 Å². The minimum absolute atomic E-state index is 0.0610. The fourth-order valence-electron chi connectivity index (χ4n) is 1.40. The van der Waals surface area contributed by atoms with Crippen LogP contribution < -0.4 is 0 Å². The molecule has 1 saturated heterocycles. The Morgan fingerprint density at radius 1 is 1.64 bits per heavy atom. The molecule has 1 unspecified atom stereocenters. The van der Waals surface area contributed by atoms with Crippen LogP contribution in [0.5, 0.6) is 0 Å². The predicted molar refractivity (Wildman–Crippen MR) is 49.4 cm³/mol. The molecule has 0 amide bonds. The van der Waals surface area contributed by atoms with Gasteiger partial charge >= 0.3 is 11.9 Å². The lowest BCUT2D eigenvalue weighted by molar-refractivity contribution is -0.146. The zero-order chi connectivity index (χ0) is 10.8. The van der Waals surface area contributed by atoms with Crippen LogP contribution in [-0.4, -0.2) is 24.6 Å². The fourth-order valence-corrected chi connectivity index (χ4v) is 1.40. The molecular formula is C10H14O4. The van der Waals surface area contributed by atoms with Crippen molar-refractivity contribution in [2.75, 3.05) is 7.11 Å². The quantitative estimate of drug-likeness (QED) is 0.491. The van der Waals surface area contributed by atoms with Crippen LogP contribution in [-0.2, 0) is 19.1 Å². The summed E-state index contributed by atoms with van der Waals surface area (Å²) < 4.78 is 9.54. The van der Waals surface area contributed by atoms with Crippen molar-refractivity contribution in [3.05, 3.63) is 12.2 Å². The Morgan fingerprint density at radius 2 is 2.29 bits per heavy atom. The van der Waals surface area contributed by atoms with E-state index < -0.39 is 11.6 Å². The van der Waals surface area contributed by atoms with Crippen molar-refractivity contribution in [3.63, 3.8) is 0 Å². The summed E-state index contributed by atoms with van der Waals surface area (Å²) in [6.45, 7) is 3.65. The van der Waals surface area contributed by atoms with Gasteiger partial charge in [0.05, 0.1) is 13.5 Å². The Morgan fingerprint density at radius 3 is 2.71 bits per heavy atom. The molecule has 1 rings (SSSR count). The summed E-state index contributed by atoms with van der Waals surface area (Å²) in [6.07, 6.45) is 3.31. The maximum atomic E-state index is 11.0. The molecule has 4 heteroatoms. The molecule has 0 aromatic heterocycles. The Kier molecular flexibility index (Phi) is 2.93. The summed E-state index contributed by atoms with van der Waals surface area (Å²) in [7, 11) is 1.31. The molecule has 1 aliphatic rings. The van der Waals surface area contributed by atoms with Crippen LogP contribution in [0.3, 0.4) is 0 Å². The monoisotopic (exact) mass is 198 g/mol. The van der Waals surface area contributed by atoms with Crippen molar-refractivity contribution in [3.8, 4) is 0 Å². The molecule has 1 aliphatic heterocycles. The van der Waals surface area contributed by atoms with Crippen LogP contribution in [0.1, 0.15) is 20.3 Å². The lowest BCUT2D eigenvalue weighted by Crippen LogP contribution is -2.26. The number of esters is 2. The van der Waals surface area contributed by atoms with Crippen molar-refractivity contribution in [1.29, 1.82) is 0 Å². The summed E-state index contributed by atoms with van der Waals surface area (Å²) in [5, 5.41) is 0. The van der Waals surface area contributed by atoms with Gasteiger partial charge in [-0.25, -0.2) is 4.79 Å². The second-order valence-electron chi connectivity index (χ2n) is 3.77. The predicted octanol–water partition coefficient (Wildman–Crippen LogP) is 1.06. The fraction of sp³-hybridized carbons (Fsp3) is 0.600. The van der Waals surface area contributed by atoms with Gasteiger partial charge in [0.15, 0.2) is 0 Å². The average molecular weight is 198 g/mol. The van der Waals surface area contributed by atoms with Crippen molar-refractivity contribution in [2.24, 2.45) is 5.92 Å². The van der Waals surface area contributed by atoms with E-state index in [0.29, 0.717) is 6.42 Å². The third-order valence-corrected chi connectivity index (χ3v) is 2.32. The zero-order valence-corrected chi connectivity index (χ0v) is 8.57. The standard InChI is InChI=1S/C10H14O4/c1-10(2)7(6-9(12)14-10)4-5-8(11)13-3/h4-5,7H,6H2,1-3H3/b5-4+. The van der Waals surface area contributed by atoms with Gasteiger partial charge in [0, 0.05) is 12.0 Å². The molecule has 1 atom stereocenters. The van der Waals surface area contributed by atoms with Crippen molar-refractivity contribution >= 4 is 11.9 Å². The van der Waals surface area contributed by atoms with Gasteiger partial charge in [0.25, 0.3) is 0 Å². The molecule has 0 aliphatic carbocycles. The highest BCUT2D eigenvalue weighted by atomic mass is 16.6. The summed E-state index contributed by atoms with van der Waals surface area (Å²) >= 11 is 0. The first-order valence-corrected chi connectivity index (χ1v) is 4.43. The first-order chi connectivity index (χ1) is 6.45. The van der Waals surface area contributed by atoms with E-state index >= 15 is 0 Å². The topological polar surface area (TPSA) is 52.6 Å². The number of hydrogen-bond acceptors (Lipinski definition) is 4. The highest BCUT2D eigenvalue weighted by molar-refractivity contribution is 5.82. The van der Waals surface area contributed by atoms with Gasteiger partial charge in [-0.1, -0.05) is 6.08 Å². The number of carbonyl (C=O) groups is 2. The molecule has 78 valence electrons. The first-order valence-electron chi connectivity index (χ1n) is 4.43. The maximum absolute atomic E-state index is 11.0. The SMILES string of the molecule is COC(=O)/C=C/C1CC(=O)OC1(C)C. The van der Waals surface area contributed by atoms with E-state index in [1.54, 1.807) is 6.08 Å². The van der Waals surface area contributed by atoms with Gasteiger partial charge < -0.3 is 9.47 Å². The van der Waals surface area contributed by atoms with E-state index in [-0.39, 0.29) is 11.9 Å². The number of ether oxygens (including phenoxy) is 2. The van der Waals surface area contributed by atoms with Crippen molar-refractivity contribution in [2.45, 2.75) is 25.9 Å². The smallest absolute Gasteiger partial charge is 0.330 e. The van der Waals surface area contributed by atoms with Gasteiger partial charge in [-0.2, -0.15) is 0 Å². The summed E-state index contributed by atoms with van der Waals surface area (Å²) in [6, 6.07) is 0. The molecule has 0 spiro atoms. The van der Waals surface area contributed by atoms with E-state index in [0.717, 1.165) is 0 Å². The van der Waals surface area contributed by atoms with Gasteiger partial charge in [0.1, 0.15) is 5.60 Å². The Balaban J connectivity index is 2.65. The van der Waals surface area contributed by atoms with Crippen LogP contribution >= 0.6 is 0 Å².